The van der Waals surface area contributed by atoms with Gasteiger partial charge in [-0.1, -0.05) is 0 Å². The lowest BCUT2D eigenvalue weighted by Crippen LogP contribution is -2.48. The lowest BCUT2D eigenvalue weighted by Gasteiger charge is -2.37. The molecule has 0 saturated carbocycles. The first-order chi connectivity index (χ1) is 10.6. The Morgan fingerprint density at radius 1 is 1.14 bits per heavy atom. The van der Waals surface area contributed by atoms with E-state index < -0.39 is 0 Å². The molecule has 22 heavy (non-hydrogen) atoms. The van der Waals surface area contributed by atoms with Crippen molar-refractivity contribution in [2.75, 3.05) is 52.9 Å². The molecule has 2 fully saturated rings. The highest BCUT2D eigenvalue weighted by atomic mass is 16.5. The third-order valence-electron chi connectivity index (χ3n) is 5.13. The fourth-order valence-electron chi connectivity index (χ4n) is 3.44. The number of rotatable bonds is 6. The first-order valence-electron chi connectivity index (χ1n) is 8.92. The Morgan fingerprint density at radius 3 is 2.36 bits per heavy atom. The fourth-order valence-corrected chi connectivity index (χ4v) is 3.44. The highest BCUT2D eigenvalue weighted by Gasteiger charge is 2.24. The average Bonchev–Trinajstić information content (AvgIpc) is 2.54. The van der Waals surface area contributed by atoms with Gasteiger partial charge in [0.15, 0.2) is 0 Å². The number of piperazine rings is 1. The molecule has 0 aromatic rings. The minimum atomic E-state index is 0.330. The third kappa shape index (κ3) is 5.21. The van der Waals surface area contributed by atoms with Crippen LogP contribution in [0, 0.1) is 0 Å². The van der Waals surface area contributed by atoms with E-state index in [0.29, 0.717) is 24.5 Å². The standard InChI is InChI=1S/C17H33N3O2/c1-4-22-16-7-9-20(10-8-16)17(21)6-5-15(2)19-13-11-18(3)12-14-19/h15-16H,4-14H2,1-3H3/t15-/m1/s1. The molecular weight excluding hydrogens is 278 g/mol. The van der Waals surface area contributed by atoms with E-state index in [4.69, 9.17) is 4.74 Å². The van der Waals surface area contributed by atoms with Crippen LogP contribution in [0.2, 0.25) is 0 Å². The zero-order valence-electron chi connectivity index (χ0n) is 14.6. The summed E-state index contributed by atoms with van der Waals surface area (Å²) in [7, 11) is 2.18. The number of likely N-dealkylation sites (N-methyl/N-ethyl adjacent to an activating group) is 1. The zero-order valence-corrected chi connectivity index (χ0v) is 14.6. The maximum Gasteiger partial charge on any atom is 0.222 e. The van der Waals surface area contributed by atoms with Gasteiger partial charge in [-0.2, -0.15) is 0 Å². The Bertz CT molecular complexity index is 335. The normalized spacial score (nSPS) is 23.7. The summed E-state index contributed by atoms with van der Waals surface area (Å²) in [6.07, 6.45) is 4.01. The molecule has 0 N–H and O–H groups in total. The van der Waals surface area contributed by atoms with Crippen LogP contribution in [0.3, 0.4) is 0 Å². The largest absolute Gasteiger partial charge is 0.378 e. The lowest BCUT2D eigenvalue weighted by molar-refractivity contribution is -0.134. The summed E-state index contributed by atoms with van der Waals surface area (Å²) in [5.41, 5.74) is 0. The molecule has 2 aliphatic heterocycles. The van der Waals surface area contributed by atoms with E-state index in [1.54, 1.807) is 0 Å². The predicted octanol–water partition coefficient (Wildman–Crippen LogP) is 1.43. The van der Waals surface area contributed by atoms with Gasteiger partial charge in [0.2, 0.25) is 5.91 Å². The van der Waals surface area contributed by atoms with Crippen molar-refractivity contribution >= 4 is 5.91 Å². The van der Waals surface area contributed by atoms with Gasteiger partial charge >= 0.3 is 0 Å². The van der Waals surface area contributed by atoms with Crippen LogP contribution in [0.1, 0.15) is 39.5 Å². The maximum absolute atomic E-state index is 12.4. The van der Waals surface area contributed by atoms with Crippen molar-refractivity contribution in [3.8, 4) is 0 Å². The van der Waals surface area contributed by atoms with Gasteiger partial charge in [0, 0.05) is 58.3 Å². The molecule has 1 atom stereocenters. The van der Waals surface area contributed by atoms with Crippen LogP contribution in [-0.4, -0.2) is 85.7 Å². The number of nitrogens with zero attached hydrogens (tertiary/aromatic N) is 3. The number of likely N-dealkylation sites (tertiary alicyclic amines) is 1. The third-order valence-corrected chi connectivity index (χ3v) is 5.13. The van der Waals surface area contributed by atoms with Crippen LogP contribution < -0.4 is 0 Å². The highest BCUT2D eigenvalue weighted by molar-refractivity contribution is 5.76. The number of carbonyl (C=O) groups is 1. The molecule has 0 unspecified atom stereocenters. The van der Waals surface area contributed by atoms with Gasteiger partial charge in [-0.3, -0.25) is 9.69 Å². The lowest BCUT2D eigenvalue weighted by atomic mass is 10.1. The van der Waals surface area contributed by atoms with Crippen molar-refractivity contribution in [2.24, 2.45) is 0 Å². The quantitative estimate of drug-likeness (QED) is 0.743. The summed E-state index contributed by atoms with van der Waals surface area (Å²) in [6.45, 7) is 11.4. The molecule has 2 heterocycles. The molecular formula is C17H33N3O2. The van der Waals surface area contributed by atoms with Gasteiger partial charge in [-0.05, 0) is 40.2 Å². The molecule has 0 aliphatic carbocycles. The van der Waals surface area contributed by atoms with Gasteiger partial charge in [0.1, 0.15) is 0 Å². The number of ether oxygens (including phenoxy) is 1. The van der Waals surface area contributed by atoms with Crippen LogP contribution in [0.15, 0.2) is 0 Å². The average molecular weight is 311 g/mol. The second-order valence-electron chi connectivity index (χ2n) is 6.76. The highest BCUT2D eigenvalue weighted by Crippen LogP contribution is 2.16. The van der Waals surface area contributed by atoms with Crippen LogP contribution in [0.25, 0.3) is 0 Å². The number of piperidine rings is 1. The predicted molar refractivity (Wildman–Crippen MR) is 89.0 cm³/mol. The van der Waals surface area contributed by atoms with Gasteiger partial charge in [0.05, 0.1) is 6.10 Å². The van der Waals surface area contributed by atoms with E-state index in [2.05, 4.69) is 23.8 Å². The van der Waals surface area contributed by atoms with E-state index in [9.17, 15) is 4.79 Å². The van der Waals surface area contributed by atoms with E-state index in [1.807, 2.05) is 11.8 Å². The zero-order chi connectivity index (χ0) is 15.9. The van der Waals surface area contributed by atoms with E-state index in [-0.39, 0.29) is 0 Å². The summed E-state index contributed by atoms with van der Waals surface area (Å²) in [6, 6.07) is 0.513. The van der Waals surface area contributed by atoms with E-state index in [1.165, 1.54) is 0 Å². The smallest absolute Gasteiger partial charge is 0.222 e. The van der Waals surface area contributed by atoms with E-state index >= 15 is 0 Å². The minimum absolute atomic E-state index is 0.330. The maximum atomic E-state index is 12.4. The van der Waals surface area contributed by atoms with Crippen molar-refractivity contribution in [2.45, 2.75) is 51.7 Å². The van der Waals surface area contributed by atoms with Crippen molar-refractivity contribution in [3.63, 3.8) is 0 Å². The molecule has 0 spiro atoms. The second-order valence-corrected chi connectivity index (χ2v) is 6.76. The number of amides is 1. The van der Waals surface area contributed by atoms with Crippen LogP contribution in [-0.2, 0) is 9.53 Å². The number of hydrogen-bond acceptors (Lipinski definition) is 4. The van der Waals surface area contributed by atoms with Crippen molar-refractivity contribution in [1.29, 1.82) is 0 Å². The Hall–Kier alpha value is -0.650. The van der Waals surface area contributed by atoms with Gasteiger partial charge in [-0.15, -0.1) is 0 Å². The van der Waals surface area contributed by atoms with Crippen molar-refractivity contribution in [1.82, 2.24) is 14.7 Å². The molecule has 2 rings (SSSR count). The summed E-state index contributed by atoms with van der Waals surface area (Å²) < 4.78 is 5.65. The molecule has 0 radical (unpaired) electrons. The van der Waals surface area contributed by atoms with Crippen LogP contribution >= 0.6 is 0 Å². The molecule has 2 aliphatic rings. The van der Waals surface area contributed by atoms with E-state index in [0.717, 1.165) is 65.1 Å². The van der Waals surface area contributed by atoms with Gasteiger partial charge in [0.25, 0.3) is 0 Å². The van der Waals surface area contributed by atoms with Gasteiger partial charge < -0.3 is 14.5 Å². The molecule has 1 amide bonds. The molecule has 2 saturated heterocycles. The number of carbonyl (C=O) groups excluding carboxylic acids is 1. The number of hydrogen-bond donors (Lipinski definition) is 0. The SMILES string of the molecule is CCOC1CCN(C(=O)CC[C@@H](C)N2CCN(C)CC2)CC1. The van der Waals surface area contributed by atoms with Gasteiger partial charge in [-0.25, -0.2) is 0 Å². The summed E-state index contributed by atoms with van der Waals surface area (Å²) in [4.78, 5) is 19.3. The Labute approximate surface area is 135 Å². The summed E-state index contributed by atoms with van der Waals surface area (Å²) >= 11 is 0. The molecule has 5 heteroatoms. The molecule has 5 nitrogen and oxygen atoms in total. The first-order valence-corrected chi connectivity index (χ1v) is 8.92. The molecule has 0 bridgehead atoms. The monoisotopic (exact) mass is 311 g/mol. The van der Waals surface area contributed by atoms with Crippen LogP contribution in [0.4, 0.5) is 0 Å². The van der Waals surface area contributed by atoms with Crippen molar-refractivity contribution in [3.05, 3.63) is 0 Å². The second kappa shape index (κ2) is 8.85. The van der Waals surface area contributed by atoms with Crippen molar-refractivity contribution < 1.29 is 9.53 Å². The minimum Gasteiger partial charge on any atom is -0.378 e. The van der Waals surface area contributed by atoms with Crippen LogP contribution in [0.5, 0.6) is 0 Å². The Kier molecular flexibility index (Phi) is 7.12. The Balaban J connectivity index is 1.65. The fraction of sp³-hybridized carbons (Fsp3) is 0.941. The first kappa shape index (κ1) is 17.7. The Morgan fingerprint density at radius 2 is 1.77 bits per heavy atom. The molecule has 0 aromatic heterocycles. The summed E-state index contributed by atoms with van der Waals surface area (Å²) in [5, 5.41) is 0. The topological polar surface area (TPSA) is 36.0 Å². The molecule has 128 valence electrons. The molecule has 0 aromatic carbocycles. The summed E-state index contributed by atoms with van der Waals surface area (Å²) in [5.74, 6) is 0.330.